The third-order valence-electron chi connectivity index (χ3n) is 5.36. The third kappa shape index (κ3) is 5.20. The molecule has 1 aliphatic rings. The summed E-state index contributed by atoms with van der Waals surface area (Å²) in [6.07, 6.45) is 2.24. The Morgan fingerprint density at radius 1 is 1.09 bits per heavy atom. The summed E-state index contributed by atoms with van der Waals surface area (Å²) in [7, 11) is 0. The first-order valence-electron chi connectivity index (χ1n) is 11.1. The van der Waals surface area contributed by atoms with E-state index < -0.39 is 0 Å². The third-order valence-corrected chi connectivity index (χ3v) is 6.69. The second-order valence-electron chi connectivity index (χ2n) is 7.97. The predicted octanol–water partition coefficient (Wildman–Crippen LogP) is 5.76. The molecule has 1 aliphatic carbocycles. The lowest BCUT2D eigenvalue weighted by atomic mass is 10.2. The minimum Gasteiger partial charge on any atom is -0.494 e. The first-order chi connectivity index (χ1) is 16.6. The van der Waals surface area contributed by atoms with Gasteiger partial charge < -0.3 is 14.0 Å². The highest BCUT2D eigenvalue weighted by molar-refractivity contribution is 7.98. The maximum Gasteiger partial charge on any atom is 0.229 e. The van der Waals surface area contributed by atoms with Crippen molar-refractivity contribution in [1.82, 2.24) is 24.9 Å². The van der Waals surface area contributed by atoms with Gasteiger partial charge in [0.1, 0.15) is 18.1 Å². The number of aryl methyl sites for hydroxylation is 1. The minimum atomic E-state index is 0.237. The molecular weight excluding hydrogens is 474 g/mol. The molecule has 176 valence electrons. The first kappa shape index (κ1) is 22.7. The van der Waals surface area contributed by atoms with E-state index in [1.54, 1.807) is 0 Å². The largest absolute Gasteiger partial charge is 0.494 e. The molecule has 0 bridgehead atoms. The van der Waals surface area contributed by atoms with Gasteiger partial charge in [-0.3, -0.25) is 4.57 Å². The normalized spacial score (nSPS) is 13.3. The molecule has 4 aromatic rings. The van der Waals surface area contributed by atoms with Crippen LogP contribution in [0, 0.1) is 6.92 Å². The van der Waals surface area contributed by atoms with Crippen LogP contribution in [-0.2, 0) is 12.4 Å². The summed E-state index contributed by atoms with van der Waals surface area (Å²) in [5, 5.41) is 14.3. The number of rotatable bonds is 10. The van der Waals surface area contributed by atoms with Gasteiger partial charge in [0.2, 0.25) is 5.89 Å². The Bertz CT molecular complexity index is 1270. The maximum atomic E-state index is 6.42. The molecule has 34 heavy (non-hydrogen) atoms. The summed E-state index contributed by atoms with van der Waals surface area (Å²) in [4.78, 5) is 4.51. The van der Waals surface area contributed by atoms with Gasteiger partial charge in [0.15, 0.2) is 16.8 Å². The van der Waals surface area contributed by atoms with Crippen LogP contribution in [0.15, 0.2) is 52.1 Å². The zero-order valence-electron chi connectivity index (χ0n) is 18.9. The Labute approximate surface area is 206 Å². The average Bonchev–Trinajstić information content (AvgIpc) is 3.45. The Morgan fingerprint density at radius 2 is 1.85 bits per heavy atom. The molecule has 0 unspecified atom stereocenters. The molecule has 0 saturated heterocycles. The van der Waals surface area contributed by atoms with Crippen LogP contribution in [0.4, 0.5) is 0 Å². The average molecular weight is 498 g/mol. The van der Waals surface area contributed by atoms with E-state index in [0.717, 1.165) is 35.7 Å². The van der Waals surface area contributed by atoms with Crippen molar-refractivity contribution < 1.29 is 14.0 Å². The van der Waals surface area contributed by atoms with E-state index in [4.69, 9.17) is 25.6 Å². The summed E-state index contributed by atoms with van der Waals surface area (Å²) >= 11 is 7.91. The van der Waals surface area contributed by atoms with E-state index in [9.17, 15) is 0 Å². The Morgan fingerprint density at radius 3 is 2.56 bits per heavy atom. The van der Waals surface area contributed by atoms with Gasteiger partial charge in [-0.05, 0) is 68.7 Å². The zero-order valence-corrected chi connectivity index (χ0v) is 20.5. The maximum absolute atomic E-state index is 6.42. The molecule has 5 rings (SSSR count). The smallest absolute Gasteiger partial charge is 0.229 e. The summed E-state index contributed by atoms with van der Waals surface area (Å²) < 4.78 is 18.8. The fourth-order valence-electron chi connectivity index (χ4n) is 3.37. The van der Waals surface area contributed by atoms with Crippen molar-refractivity contribution in [3.05, 3.63) is 70.6 Å². The summed E-state index contributed by atoms with van der Waals surface area (Å²) in [6, 6.07) is 13.4. The van der Waals surface area contributed by atoms with E-state index in [2.05, 4.69) is 20.3 Å². The molecule has 0 atom stereocenters. The van der Waals surface area contributed by atoms with E-state index in [1.165, 1.54) is 11.8 Å². The molecule has 0 radical (unpaired) electrons. The van der Waals surface area contributed by atoms with Crippen molar-refractivity contribution in [2.75, 3.05) is 6.61 Å². The van der Waals surface area contributed by atoms with Crippen molar-refractivity contribution in [2.45, 2.75) is 50.1 Å². The van der Waals surface area contributed by atoms with Crippen molar-refractivity contribution in [3.8, 4) is 17.2 Å². The Kier molecular flexibility index (Phi) is 6.73. The minimum absolute atomic E-state index is 0.237. The summed E-state index contributed by atoms with van der Waals surface area (Å²) in [5.41, 5.74) is 1.86. The predicted molar refractivity (Wildman–Crippen MR) is 129 cm³/mol. The topological polar surface area (TPSA) is 88.1 Å². The number of nitrogens with zero attached hydrogens (tertiary/aromatic N) is 5. The van der Waals surface area contributed by atoms with Gasteiger partial charge >= 0.3 is 0 Å². The van der Waals surface area contributed by atoms with Gasteiger partial charge in [-0.2, -0.15) is 4.98 Å². The van der Waals surface area contributed by atoms with Gasteiger partial charge in [0.05, 0.1) is 18.0 Å². The summed E-state index contributed by atoms with van der Waals surface area (Å²) in [6.45, 7) is 4.78. The lowest BCUT2D eigenvalue weighted by Gasteiger charge is -2.12. The number of ether oxygens (including phenoxy) is 2. The number of aromatic nitrogens is 5. The number of thioether (sulfide) groups is 1. The van der Waals surface area contributed by atoms with Gasteiger partial charge in [-0.15, -0.1) is 10.2 Å². The van der Waals surface area contributed by atoms with E-state index in [0.29, 0.717) is 45.9 Å². The van der Waals surface area contributed by atoms with Gasteiger partial charge in [-0.1, -0.05) is 34.6 Å². The van der Waals surface area contributed by atoms with Crippen molar-refractivity contribution in [2.24, 2.45) is 0 Å². The SMILES string of the molecule is CCOc1ccc(OCc2nnc(SCc3noc(C4CC4)n3)n2-c2ccc(C)c(Cl)c2)cc1. The fourth-order valence-corrected chi connectivity index (χ4v) is 4.35. The summed E-state index contributed by atoms with van der Waals surface area (Å²) in [5.74, 6) is 4.50. The molecule has 8 nitrogen and oxygen atoms in total. The molecule has 2 aromatic carbocycles. The van der Waals surface area contributed by atoms with Crippen LogP contribution in [0.3, 0.4) is 0 Å². The Balaban J connectivity index is 1.36. The Hall–Kier alpha value is -3.04. The molecular formula is C24H24ClN5O3S. The first-order valence-corrected chi connectivity index (χ1v) is 12.5. The van der Waals surface area contributed by atoms with Gasteiger partial charge in [0, 0.05) is 10.9 Å². The van der Waals surface area contributed by atoms with Crippen LogP contribution in [0.2, 0.25) is 5.02 Å². The highest BCUT2D eigenvalue weighted by Crippen LogP contribution is 2.39. The second kappa shape index (κ2) is 10.1. The molecule has 0 spiro atoms. The van der Waals surface area contributed by atoms with Gasteiger partial charge in [0.25, 0.3) is 0 Å². The number of benzene rings is 2. The van der Waals surface area contributed by atoms with Crippen molar-refractivity contribution in [1.29, 1.82) is 0 Å². The number of halogens is 1. The standard InChI is InChI=1S/C24H24ClN5O3S/c1-3-31-18-8-10-19(11-9-18)32-13-22-27-28-24(30(22)17-7-4-15(2)20(25)12-17)34-14-21-26-23(33-29-21)16-5-6-16/h4,7-12,16H,3,5-6,13-14H2,1-2H3. The van der Waals surface area contributed by atoms with E-state index >= 15 is 0 Å². The molecule has 1 fully saturated rings. The molecule has 10 heteroatoms. The van der Waals surface area contributed by atoms with E-state index in [1.807, 2.05) is 60.9 Å². The van der Waals surface area contributed by atoms with Crippen LogP contribution >= 0.6 is 23.4 Å². The monoisotopic (exact) mass is 497 g/mol. The van der Waals surface area contributed by atoms with Crippen molar-refractivity contribution >= 4 is 23.4 Å². The van der Waals surface area contributed by atoms with Crippen LogP contribution in [0.1, 0.15) is 48.8 Å². The molecule has 0 amide bonds. The number of hydrogen-bond donors (Lipinski definition) is 0. The van der Waals surface area contributed by atoms with Crippen LogP contribution in [0.5, 0.6) is 11.5 Å². The zero-order chi connectivity index (χ0) is 23.5. The quantitative estimate of drug-likeness (QED) is 0.255. The second-order valence-corrected chi connectivity index (χ2v) is 9.32. The fraction of sp³-hybridized carbons (Fsp3) is 0.333. The van der Waals surface area contributed by atoms with E-state index in [-0.39, 0.29) is 6.61 Å². The van der Waals surface area contributed by atoms with Gasteiger partial charge in [-0.25, -0.2) is 0 Å². The van der Waals surface area contributed by atoms with Crippen LogP contribution in [-0.4, -0.2) is 31.5 Å². The molecule has 1 saturated carbocycles. The lowest BCUT2D eigenvalue weighted by Crippen LogP contribution is -2.07. The lowest BCUT2D eigenvalue weighted by molar-refractivity contribution is 0.291. The number of hydrogen-bond acceptors (Lipinski definition) is 8. The van der Waals surface area contributed by atoms with Crippen molar-refractivity contribution in [3.63, 3.8) is 0 Å². The molecule has 2 heterocycles. The molecule has 2 aromatic heterocycles. The molecule has 0 N–H and O–H groups in total. The van der Waals surface area contributed by atoms with Crippen LogP contribution in [0.25, 0.3) is 5.69 Å². The molecule has 0 aliphatic heterocycles. The highest BCUT2D eigenvalue weighted by atomic mass is 35.5. The highest BCUT2D eigenvalue weighted by Gasteiger charge is 2.29. The van der Waals surface area contributed by atoms with Crippen LogP contribution < -0.4 is 9.47 Å².